The summed E-state index contributed by atoms with van der Waals surface area (Å²) in [4.78, 5) is 12.7. The summed E-state index contributed by atoms with van der Waals surface area (Å²) in [6.07, 6.45) is 3.48. The number of rotatable bonds is 7. The lowest BCUT2D eigenvalue weighted by Crippen LogP contribution is -2.33. The first kappa shape index (κ1) is 19.6. The maximum absolute atomic E-state index is 12.7. The van der Waals surface area contributed by atoms with E-state index in [0.29, 0.717) is 18.7 Å². The van der Waals surface area contributed by atoms with Gasteiger partial charge in [-0.25, -0.2) is 8.42 Å². The third-order valence-electron chi connectivity index (χ3n) is 4.89. The normalized spacial score (nSPS) is 16.2. The molecule has 1 aliphatic rings. The molecule has 1 aliphatic heterocycles. The van der Waals surface area contributed by atoms with E-state index in [1.807, 2.05) is 25.1 Å². The minimum atomic E-state index is -3.52. The first-order valence-corrected chi connectivity index (χ1v) is 10.9. The monoisotopic (exact) mass is 386 g/mol. The molecule has 2 aromatic rings. The van der Waals surface area contributed by atoms with Crippen molar-refractivity contribution in [3.8, 4) is 0 Å². The predicted octanol–water partition coefficient (Wildman–Crippen LogP) is 3.22. The van der Waals surface area contributed by atoms with Crippen LogP contribution in [0.1, 0.15) is 42.1 Å². The molecule has 0 bridgehead atoms. The van der Waals surface area contributed by atoms with Gasteiger partial charge in [0.1, 0.15) is 0 Å². The van der Waals surface area contributed by atoms with Gasteiger partial charge in [0.25, 0.3) is 5.91 Å². The Bertz CT molecular complexity index is 875. The molecular weight excluding hydrogens is 360 g/mol. The third kappa shape index (κ3) is 4.96. The summed E-state index contributed by atoms with van der Waals surface area (Å²) in [5.41, 5.74) is 1.61. The van der Waals surface area contributed by atoms with Crippen molar-refractivity contribution in [3.63, 3.8) is 0 Å². The minimum absolute atomic E-state index is 0.00319. The molecule has 1 fully saturated rings. The first-order chi connectivity index (χ1) is 13.0. The van der Waals surface area contributed by atoms with E-state index in [0.717, 1.165) is 25.7 Å². The Balaban J connectivity index is 1.63. The van der Waals surface area contributed by atoms with E-state index in [-0.39, 0.29) is 16.8 Å². The van der Waals surface area contributed by atoms with Crippen molar-refractivity contribution in [2.24, 2.45) is 0 Å². The second-order valence-electron chi connectivity index (χ2n) is 7.04. The topological polar surface area (TPSA) is 66.5 Å². The molecule has 0 aromatic heterocycles. The highest BCUT2D eigenvalue weighted by atomic mass is 32.2. The van der Waals surface area contributed by atoms with Gasteiger partial charge >= 0.3 is 0 Å². The van der Waals surface area contributed by atoms with Crippen LogP contribution in [0.5, 0.6) is 0 Å². The molecule has 27 heavy (non-hydrogen) atoms. The highest BCUT2D eigenvalue weighted by Gasteiger charge is 2.27. The Morgan fingerprint density at radius 3 is 2.48 bits per heavy atom. The van der Waals surface area contributed by atoms with Crippen molar-refractivity contribution in [3.05, 3.63) is 65.7 Å². The average Bonchev–Trinajstić information content (AvgIpc) is 3.23. The summed E-state index contributed by atoms with van der Waals surface area (Å²) in [5.74, 6) is -0.242. The molecule has 2 aromatic carbocycles. The molecule has 1 N–H and O–H groups in total. The Labute approximate surface area is 161 Å². The summed E-state index contributed by atoms with van der Waals surface area (Å²) < 4.78 is 26.9. The number of carbonyl (C=O) groups excluding carboxylic acids is 1. The molecule has 6 heteroatoms. The number of nitrogens with one attached hydrogen (secondary N) is 1. The van der Waals surface area contributed by atoms with E-state index in [1.54, 1.807) is 18.2 Å². The lowest BCUT2D eigenvalue weighted by molar-refractivity contribution is 0.0938. The van der Waals surface area contributed by atoms with Crippen LogP contribution < -0.4 is 5.32 Å². The number of nitrogens with zero attached hydrogens (tertiary/aromatic N) is 1. The van der Waals surface area contributed by atoms with Crippen LogP contribution in [0.3, 0.4) is 0 Å². The van der Waals surface area contributed by atoms with E-state index in [1.165, 1.54) is 15.9 Å². The second kappa shape index (κ2) is 8.67. The summed E-state index contributed by atoms with van der Waals surface area (Å²) in [6.45, 7) is 3.07. The molecule has 0 radical (unpaired) electrons. The van der Waals surface area contributed by atoms with Gasteiger partial charge in [-0.05, 0) is 56.4 Å². The maximum Gasteiger partial charge on any atom is 0.251 e. The van der Waals surface area contributed by atoms with Gasteiger partial charge < -0.3 is 5.32 Å². The SMILES string of the molecule is CC(CCc1ccccc1)NC(=O)c1cccc(S(=O)(=O)N2CCCC2)c1. The number of benzene rings is 2. The lowest BCUT2D eigenvalue weighted by Gasteiger charge is -2.17. The van der Waals surface area contributed by atoms with Crippen LogP contribution >= 0.6 is 0 Å². The largest absolute Gasteiger partial charge is 0.350 e. The molecule has 0 aliphatic carbocycles. The van der Waals surface area contributed by atoms with Crippen LogP contribution in [0.4, 0.5) is 0 Å². The van der Waals surface area contributed by atoms with Gasteiger partial charge in [0.15, 0.2) is 0 Å². The molecule has 3 rings (SSSR count). The van der Waals surface area contributed by atoms with Gasteiger partial charge in [0, 0.05) is 24.7 Å². The van der Waals surface area contributed by atoms with Gasteiger partial charge in [-0.15, -0.1) is 0 Å². The fourth-order valence-corrected chi connectivity index (χ4v) is 4.85. The van der Waals surface area contributed by atoms with Gasteiger partial charge in [-0.2, -0.15) is 4.31 Å². The summed E-state index contributed by atoms with van der Waals surface area (Å²) in [6, 6.07) is 16.5. The smallest absolute Gasteiger partial charge is 0.251 e. The molecular formula is C21H26N2O3S. The number of hydrogen-bond acceptors (Lipinski definition) is 3. The Hall–Kier alpha value is -2.18. The van der Waals surface area contributed by atoms with Crippen molar-refractivity contribution in [1.29, 1.82) is 0 Å². The summed E-state index contributed by atoms with van der Waals surface area (Å²) in [5, 5.41) is 2.97. The van der Waals surface area contributed by atoms with E-state index >= 15 is 0 Å². The molecule has 5 nitrogen and oxygen atoms in total. The molecule has 1 heterocycles. The van der Waals surface area contributed by atoms with Gasteiger partial charge in [0.2, 0.25) is 10.0 Å². The first-order valence-electron chi connectivity index (χ1n) is 9.42. The zero-order valence-electron chi connectivity index (χ0n) is 15.6. The van der Waals surface area contributed by atoms with Crippen LogP contribution in [0.15, 0.2) is 59.5 Å². The standard InChI is InChI=1S/C21H26N2O3S/c1-17(12-13-18-8-3-2-4-9-18)22-21(24)19-10-7-11-20(16-19)27(25,26)23-14-5-6-15-23/h2-4,7-11,16-17H,5-6,12-15H2,1H3,(H,22,24). The van der Waals surface area contributed by atoms with Crippen molar-refractivity contribution >= 4 is 15.9 Å². The number of aryl methyl sites for hydroxylation is 1. The van der Waals surface area contributed by atoms with E-state index in [4.69, 9.17) is 0 Å². The van der Waals surface area contributed by atoms with Crippen molar-refractivity contribution < 1.29 is 13.2 Å². The summed E-state index contributed by atoms with van der Waals surface area (Å²) >= 11 is 0. The van der Waals surface area contributed by atoms with Crippen LogP contribution in [0, 0.1) is 0 Å². The molecule has 144 valence electrons. The zero-order chi connectivity index (χ0) is 19.3. The Kier molecular flexibility index (Phi) is 6.29. The molecule has 1 atom stereocenters. The maximum atomic E-state index is 12.7. The van der Waals surface area contributed by atoms with E-state index < -0.39 is 10.0 Å². The molecule has 1 unspecified atom stereocenters. The van der Waals surface area contributed by atoms with Gasteiger partial charge in [-0.3, -0.25) is 4.79 Å². The van der Waals surface area contributed by atoms with Crippen molar-refractivity contribution in [1.82, 2.24) is 9.62 Å². The van der Waals surface area contributed by atoms with Crippen LogP contribution in [-0.4, -0.2) is 37.8 Å². The van der Waals surface area contributed by atoms with Gasteiger partial charge in [0.05, 0.1) is 4.90 Å². The van der Waals surface area contributed by atoms with Crippen molar-refractivity contribution in [2.75, 3.05) is 13.1 Å². The molecule has 1 amide bonds. The molecule has 0 saturated carbocycles. The lowest BCUT2D eigenvalue weighted by atomic mass is 10.1. The quantitative estimate of drug-likeness (QED) is 0.794. The number of hydrogen-bond donors (Lipinski definition) is 1. The van der Waals surface area contributed by atoms with Crippen LogP contribution in [0.25, 0.3) is 0 Å². The van der Waals surface area contributed by atoms with Gasteiger partial charge in [-0.1, -0.05) is 36.4 Å². The predicted molar refractivity (Wildman–Crippen MR) is 106 cm³/mol. The van der Waals surface area contributed by atoms with E-state index in [2.05, 4.69) is 17.4 Å². The Morgan fingerprint density at radius 1 is 1.07 bits per heavy atom. The number of sulfonamides is 1. The van der Waals surface area contributed by atoms with E-state index in [9.17, 15) is 13.2 Å². The number of carbonyl (C=O) groups is 1. The minimum Gasteiger partial charge on any atom is -0.350 e. The zero-order valence-corrected chi connectivity index (χ0v) is 16.4. The fraction of sp³-hybridized carbons (Fsp3) is 0.381. The summed E-state index contributed by atoms with van der Waals surface area (Å²) in [7, 11) is -3.52. The Morgan fingerprint density at radius 2 is 1.78 bits per heavy atom. The fourth-order valence-electron chi connectivity index (χ4n) is 3.28. The number of amides is 1. The van der Waals surface area contributed by atoms with Crippen molar-refractivity contribution in [2.45, 2.75) is 43.5 Å². The highest BCUT2D eigenvalue weighted by Crippen LogP contribution is 2.21. The van der Waals surface area contributed by atoms with Crippen LogP contribution in [-0.2, 0) is 16.4 Å². The molecule has 0 spiro atoms. The molecule has 1 saturated heterocycles. The average molecular weight is 387 g/mol. The van der Waals surface area contributed by atoms with Crippen LogP contribution in [0.2, 0.25) is 0 Å². The second-order valence-corrected chi connectivity index (χ2v) is 8.98. The third-order valence-corrected chi connectivity index (χ3v) is 6.78. The highest BCUT2D eigenvalue weighted by molar-refractivity contribution is 7.89.